The lowest BCUT2D eigenvalue weighted by atomic mass is 10.0. The summed E-state index contributed by atoms with van der Waals surface area (Å²) in [5.41, 5.74) is 1.05. The molecule has 2 aromatic rings. The Hall–Kier alpha value is -2.36. The third-order valence-corrected chi connectivity index (χ3v) is 4.11. The van der Waals surface area contributed by atoms with E-state index in [1.165, 1.54) is 0 Å². The monoisotopic (exact) mass is 295 g/mol. The van der Waals surface area contributed by atoms with Crippen LogP contribution in [0.25, 0.3) is 0 Å². The number of aromatic nitrogens is 2. The molecule has 0 saturated heterocycles. The highest BCUT2D eigenvalue weighted by atomic mass is 16.1. The molecule has 3 rings (SSSR count). The van der Waals surface area contributed by atoms with Crippen LogP contribution in [-0.4, -0.2) is 15.5 Å². The first-order chi connectivity index (χ1) is 10.7. The molecule has 1 aromatic carbocycles. The van der Waals surface area contributed by atoms with Crippen molar-refractivity contribution in [1.29, 1.82) is 0 Å². The predicted octanol–water partition coefficient (Wildman–Crippen LogP) is 2.98. The topological polar surface area (TPSA) is 46.9 Å². The molecule has 0 radical (unpaired) electrons. The van der Waals surface area contributed by atoms with Crippen LogP contribution in [0.4, 0.5) is 0 Å². The van der Waals surface area contributed by atoms with Gasteiger partial charge in [0.15, 0.2) is 0 Å². The normalized spacial score (nSPS) is 18.3. The maximum atomic E-state index is 12.4. The highest BCUT2D eigenvalue weighted by Gasteiger charge is 2.22. The second-order valence-electron chi connectivity index (χ2n) is 5.78. The predicted molar refractivity (Wildman–Crippen MR) is 86.1 cm³/mol. The van der Waals surface area contributed by atoms with Gasteiger partial charge in [-0.1, -0.05) is 42.5 Å². The van der Waals surface area contributed by atoms with Crippen LogP contribution in [0.1, 0.15) is 36.7 Å². The molecule has 2 atom stereocenters. The van der Waals surface area contributed by atoms with E-state index in [9.17, 15) is 4.79 Å². The zero-order valence-electron chi connectivity index (χ0n) is 12.8. The number of carbonyl (C=O) groups is 1. The maximum absolute atomic E-state index is 12.4. The van der Waals surface area contributed by atoms with Gasteiger partial charge in [-0.2, -0.15) is 0 Å². The second kappa shape index (κ2) is 6.60. The molecule has 1 amide bonds. The number of hydrogen-bond donors (Lipinski definition) is 1. The summed E-state index contributed by atoms with van der Waals surface area (Å²) in [5.74, 6) is 1.30. The van der Waals surface area contributed by atoms with Gasteiger partial charge >= 0.3 is 0 Å². The Morgan fingerprint density at radius 2 is 2.23 bits per heavy atom. The number of nitrogens with zero attached hydrogens (tertiary/aromatic N) is 2. The molecule has 0 saturated carbocycles. The van der Waals surface area contributed by atoms with E-state index >= 15 is 0 Å². The van der Waals surface area contributed by atoms with E-state index < -0.39 is 0 Å². The Bertz CT molecular complexity index is 660. The van der Waals surface area contributed by atoms with Gasteiger partial charge in [0.1, 0.15) is 11.9 Å². The smallest absolute Gasteiger partial charge is 0.221 e. The van der Waals surface area contributed by atoms with Gasteiger partial charge in [0, 0.05) is 25.9 Å². The van der Waals surface area contributed by atoms with E-state index in [4.69, 9.17) is 0 Å². The Morgan fingerprint density at radius 1 is 1.41 bits per heavy atom. The fourth-order valence-electron chi connectivity index (χ4n) is 2.92. The zero-order valence-corrected chi connectivity index (χ0v) is 12.8. The number of amides is 1. The van der Waals surface area contributed by atoms with Crippen LogP contribution >= 0.6 is 0 Å². The van der Waals surface area contributed by atoms with Gasteiger partial charge in [-0.3, -0.25) is 4.79 Å². The van der Waals surface area contributed by atoms with Crippen molar-refractivity contribution in [2.45, 2.75) is 25.3 Å². The summed E-state index contributed by atoms with van der Waals surface area (Å²) in [4.78, 5) is 16.8. The standard InChI is InChI=1S/C18H21N3O/c1-21-12-11-19-18(21)17(15-9-3-2-4-10-15)20-16(22)13-14-7-5-6-8-14/h2-5,7,9-12,14,17H,6,8,13H2,1H3,(H,20,22)/t14-,17+/m0/s1. The van der Waals surface area contributed by atoms with Gasteiger partial charge < -0.3 is 9.88 Å². The van der Waals surface area contributed by atoms with E-state index in [2.05, 4.69) is 22.5 Å². The number of imidazole rings is 1. The van der Waals surface area contributed by atoms with Crippen LogP contribution in [0.2, 0.25) is 0 Å². The van der Waals surface area contributed by atoms with E-state index in [1.54, 1.807) is 6.20 Å². The minimum absolute atomic E-state index is 0.0772. The van der Waals surface area contributed by atoms with Gasteiger partial charge in [-0.25, -0.2) is 4.98 Å². The van der Waals surface area contributed by atoms with Gasteiger partial charge in [-0.15, -0.1) is 0 Å². The summed E-state index contributed by atoms with van der Waals surface area (Å²) >= 11 is 0. The minimum Gasteiger partial charge on any atom is -0.342 e. The van der Waals surface area contributed by atoms with Gasteiger partial charge in [-0.05, 0) is 24.3 Å². The molecule has 4 heteroatoms. The van der Waals surface area contributed by atoms with E-state index in [1.807, 2.05) is 48.1 Å². The molecular formula is C18H21N3O. The SMILES string of the molecule is Cn1ccnc1[C@H](NC(=O)C[C@H]1C=CCC1)c1ccccc1. The average molecular weight is 295 g/mol. The molecule has 0 bridgehead atoms. The van der Waals surface area contributed by atoms with Gasteiger partial charge in [0.2, 0.25) is 5.91 Å². The Kier molecular flexibility index (Phi) is 4.37. The van der Waals surface area contributed by atoms with Crippen molar-refractivity contribution in [1.82, 2.24) is 14.9 Å². The lowest BCUT2D eigenvalue weighted by Crippen LogP contribution is -2.31. The van der Waals surface area contributed by atoms with Crippen LogP contribution in [0, 0.1) is 5.92 Å². The van der Waals surface area contributed by atoms with E-state index in [0.29, 0.717) is 12.3 Å². The Labute approximate surface area is 130 Å². The number of carbonyl (C=O) groups excluding carboxylic acids is 1. The molecule has 1 N–H and O–H groups in total. The average Bonchev–Trinajstić information content (AvgIpc) is 3.17. The molecule has 1 aromatic heterocycles. The highest BCUT2D eigenvalue weighted by molar-refractivity contribution is 5.77. The molecule has 0 aliphatic heterocycles. The van der Waals surface area contributed by atoms with Gasteiger partial charge in [0.05, 0.1) is 0 Å². The van der Waals surface area contributed by atoms with E-state index in [-0.39, 0.29) is 11.9 Å². The van der Waals surface area contributed by atoms with Crippen molar-refractivity contribution in [2.75, 3.05) is 0 Å². The lowest BCUT2D eigenvalue weighted by Gasteiger charge is -2.20. The lowest BCUT2D eigenvalue weighted by molar-refractivity contribution is -0.122. The van der Waals surface area contributed by atoms with Crippen LogP contribution in [0.3, 0.4) is 0 Å². The van der Waals surface area contributed by atoms with Crippen molar-refractivity contribution in [3.63, 3.8) is 0 Å². The molecule has 1 heterocycles. The maximum Gasteiger partial charge on any atom is 0.221 e. The fraction of sp³-hybridized carbons (Fsp3) is 0.333. The first kappa shape index (κ1) is 14.6. The van der Waals surface area contributed by atoms with Gasteiger partial charge in [0.25, 0.3) is 0 Å². The van der Waals surface area contributed by atoms with Crippen molar-refractivity contribution in [3.05, 3.63) is 66.3 Å². The molecular weight excluding hydrogens is 274 g/mol. The summed E-state index contributed by atoms with van der Waals surface area (Å²) in [6.07, 6.45) is 10.7. The first-order valence-corrected chi connectivity index (χ1v) is 7.72. The molecule has 0 unspecified atom stereocenters. The summed E-state index contributed by atoms with van der Waals surface area (Å²) in [6.45, 7) is 0. The molecule has 4 nitrogen and oxygen atoms in total. The molecule has 1 aliphatic carbocycles. The van der Waals surface area contributed by atoms with Crippen molar-refractivity contribution >= 4 is 5.91 Å². The number of nitrogens with one attached hydrogen (secondary N) is 1. The summed E-state index contributed by atoms with van der Waals surface area (Å²) in [5, 5.41) is 3.15. The third-order valence-electron chi connectivity index (χ3n) is 4.11. The van der Waals surface area contributed by atoms with Crippen molar-refractivity contribution in [3.8, 4) is 0 Å². The number of rotatable bonds is 5. The second-order valence-corrected chi connectivity index (χ2v) is 5.78. The zero-order chi connectivity index (χ0) is 15.4. The van der Waals surface area contributed by atoms with Crippen LogP contribution < -0.4 is 5.32 Å². The largest absolute Gasteiger partial charge is 0.342 e. The van der Waals surface area contributed by atoms with Crippen LogP contribution in [0.15, 0.2) is 54.9 Å². The molecule has 1 aliphatic rings. The summed E-state index contributed by atoms with van der Waals surface area (Å²) in [7, 11) is 1.95. The fourth-order valence-corrected chi connectivity index (χ4v) is 2.92. The van der Waals surface area contributed by atoms with E-state index in [0.717, 1.165) is 24.2 Å². The van der Waals surface area contributed by atoms with Crippen molar-refractivity contribution in [2.24, 2.45) is 13.0 Å². The molecule has 0 spiro atoms. The minimum atomic E-state index is -0.209. The molecule has 0 fully saturated rings. The number of benzene rings is 1. The highest BCUT2D eigenvalue weighted by Crippen LogP contribution is 2.23. The Morgan fingerprint density at radius 3 is 2.86 bits per heavy atom. The number of allylic oxidation sites excluding steroid dienone is 2. The first-order valence-electron chi connectivity index (χ1n) is 7.72. The molecule has 114 valence electrons. The van der Waals surface area contributed by atoms with Crippen LogP contribution in [0.5, 0.6) is 0 Å². The quantitative estimate of drug-likeness (QED) is 0.862. The number of aryl methyl sites for hydroxylation is 1. The molecule has 22 heavy (non-hydrogen) atoms. The van der Waals surface area contributed by atoms with Crippen LogP contribution in [-0.2, 0) is 11.8 Å². The van der Waals surface area contributed by atoms with Crippen molar-refractivity contribution < 1.29 is 4.79 Å². The summed E-state index contributed by atoms with van der Waals surface area (Å²) < 4.78 is 1.95. The number of hydrogen-bond acceptors (Lipinski definition) is 2. The summed E-state index contributed by atoms with van der Waals surface area (Å²) in [6, 6.07) is 9.78. The Balaban J connectivity index is 1.78. The third kappa shape index (κ3) is 3.27.